The van der Waals surface area contributed by atoms with E-state index in [1.54, 1.807) is 0 Å². The standard InChI is InChI=1S/C40H36BrClN2O4/c41-36-10-5-4-9-33(36)27-40(39(46)43-24-23-28-11-19-34(42)20-12-28)37(31-15-13-30(14-16-31)29-7-2-1-3-8-29)48-38(44-40)32-17-21-35(22-18-32)47-26-6-25-45/h1-5,7-22,37,45H,6,23-27H2,(H,43,46)/t37-,40-/m1/s1. The van der Waals surface area contributed by atoms with Crippen LogP contribution in [-0.4, -0.2) is 42.2 Å². The molecule has 8 heteroatoms. The molecule has 6 rings (SSSR count). The molecular formula is C40H36BrClN2O4. The van der Waals surface area contributed by atoms with Crippen molar-refractivity contribution < 1.29 is 19.4 Å². The van der Waals surface area contributed by atoms with Crippen LogP contribution in [0.25, 0.3) is 11.1 Å². The van der Waals surface area contributed by atoms with E-state index in [0.717, 1.165) is 37.9 Å². The van der Waals surface area contributed by atoms with E-state index in [1.165, 1.54) is 0 Å². The Morgan fingerprint density at radius 2 is 1.52 bits per heavy atom. The SMILES string of the molecule is O=C(NCCc1ccc(Cl)cc1)[C@]1(Cc2ccccc2Br)N=C(c2ccc(OCCCO)cc2)O[C@@H]1c1ccc(-c2ccccc2)cc1. The molecule has 5 aromatic carbocycles. The van der Waals surface area contributed by atoms with Gasteiger partial charge in [-0.15, -0.1) is 0 Å². The van der Waals surface area contributed by atoms with Crippen LogP contribution in [0.15, 0.2) is 137 Å². The number of hydrogen-bond donors (Lipinski definition) is 2. The quantitative estimate of drug-likeness (QED) is 0.120. The van der Waals surface area contributed by atoms with Gasteiger partial charge in [-0.05, 0) is 76.7 Å². The van der Waals surface area contributed by atoms with Crippen LogP contribution in [0, 0.1) is 0 Å². The molecule has 6 nitrogen and oxygen atoms in total. The second kappa shape index (κ2) is 15.6. The molecule has 0 bridgehead atoms. The van der Waals surface area contributed by atoms with Crippen molar-refractivity contribution in [1.29, 1.82) is 0 Å². The van der Waals surface area contributed by atoms with Crippen LogP contribution in [0.3, 0.4) is 0 Å². The zero-order valence-electron chi connectivity index (χ0n) is 26.3. The number of benzene rings is 5. The monoisotopic (exact) mass is 722 g/mol. The van der Waals surface area contributed by atoms with Gasteiger partial charge >= 0.3 is 0 Å². The minimum Gasteiger partial charge on any atom is -0.494 e. The lowest BCUT2D eigenvalue weighted by Gasteiger charge is -2.31. The van der Waals surface area contributed by atoms with Crippen molar-refractivity contribution in [2.75, 3.05) is 19.8 Å². The Kier molecular flexibility index (Phi) is 10.9. The summed E-state index contributed by atoms with van der Waals surface area (Å²) in [5.41, 5.74) is 4.45. The van der Waals surface area contributed by atoms with Gasteiger partial charge in [-0.1, -0.05) is 112 Å². The summed E-state index contributed by atoms with van der Waals surface area (Å²) in [7, 11) is 0. The van der Waals surface area contributed by atoms with E-state index in [-0.39, 0.29) is 12.5 Å². The fourth-order valence-electron chi connectivity index (χ4n) is 5.82. The fourth-order valence-corrected chi connectivity index (χ4v) is 6.37. The first kappa shape index (κ1) is 33.5. The molecule has 0 spiro atoms. The highest BCUT2D eigenvalue weighted by Crippen LogP contribution is 2.44. The molecule has 0 fully saturated rings. The Bertz CT molecular complexity index is 1850. The third kappa shape index (κ3) is 7.81. The molecule has 0 saturated carbocycles. The van der Waals surface area contributed by atoms with Crippen LogP contribution in [0.1, 0.15) is 34.8 Å². The van der Waals surface area contributed by atoms with Crippen LogP contribution in [0.4, 0.5) is 0 Å². The lowest BCUT2D eigenvalue weighted by Crippen LogP contribution is -2.50. The van der Waals surface area contributed by atoms with Crippen LogP contribution in [-0.2, 0) is 22.4 Å². The van der Waals surface area contributed by atoms with Gasteiger partial charge in [0.05, 0.1) is 6.61 Å². The van der Waals surface area contributed by atoms with Crippen LogP contribution < -0.4 is 10.1 Å². The number of carbonyl (C=O) groups excluding carboxylic acids is 1. The van der Waals surface area contributed by atoms with Gasteiger partial charge in [0.15, 0.2) is 11.6 Å². The van der Waals surface area contributed by atoms with Gasteiger partial charge < -0.3 is 19.9 Å². The molecule has 1 aliphatic heterocycles. The number of amides is 1. The van der Waals surface area contributed by atoms with E-state index in [9.17, 15) is 4.79 Å². The molecule has 1 heterocycles. The first-order valence-electron chi connectivity index (χ1n) is 16.0. The summed E-state index contributed by atoms with van der Waals surface area (Å²) in [6, 6.07) is 41.4. The van der Waals surface area contributed by atoms with E-state index in [4.69, 9.17) is 31.2 Å². The van der Waals surface area contributed by atoms with Gasteiger partial charge in [0.1, 0.15) is 5.75 Å². The first-order valence-corrected chi connectivity index (χ1v) is 17.1. The second-order valence-electron chi connectivity index (χ2n) is 11.7. The van der Waals surface area contributed by atoms with Crippen molar-refractivity contribution in [1.82, 2.24) is 5.32 Å². The molecule has 1 amide bonds. The van der Waals surface area contributed by atoms with E-state index in [1.807, 2.05) is 103 Å². The van der Waals surface area contributed by atoms with Gasteiger partial charge in [-0.25, -0.2) is 4.99 Å². The molecule has 244 valence electrons. The van der Waals surface area contributed by atoms with E-state index in [0.29, 0.717) is 49.1 Å². The first-order chi connectivity index (χ1) is 23.4. The third-order valence-corrected chi connectivity index (χ3v) is 9.41. The van der Waals surface area contributed by atoms with Crippen molar-refractivity contribution >= 4 is 39.3 Å². The lowest BCUT2D eigenvalue weighted by molar-refractivity contribution is -0.128. The lowest BCUT2D eigenvalue weighted by atomic mass is 9.81. The summed E-state index contributed by atoms with van der Waals surface area (Å²) in [6.45, 7) is 0.903. The minimum absolute atomic E-state index is 0.0673. The smallest absolute Gasteiger partial charge is 0.252 e. The zero-order chi connectivity index (χ0) is 33.3. The van der Waals surface area contributed by atoms with Crippen LogP contribution >= 0.6 is 27.5 Å². The number of rotatable bonds is 13. The summed E-state index contributed by atoms with van der Waals surface area (Å²) in [4.78, 5) is 19.8. The Balaban J connectivity index is 1.38. The summed E-state index contributed by atoms with van der Waals surface area (Å²) < 4.78 is 13.4. The number of aliphatic hydroxyl groups is 1. The molecule has 0 aliphatic carbocycles. The maximum atomic E-state index is 14.6. The molecule has 0 saturated heterocycles. The van der Waals surface area contributed by atoms with Crippen molar-refractivity contribution in [3.8, 4) is 16.9 Å². The number of halogens is 2. The molecular weight excluding hydrogens is 688 g/mol. The highest BCUT2D eigenvalue weighted by Gasteiger charge is 2.53. The van der Waals surface area contributed by atoms with Gasteiger partial charge in [-0.3, -0.25) is 4.79 Å². The van der Waals surface area contributed by atoms with Crippen molar-refractivity contribution in [2.24, 2.45) is 4.99 Å². The fraction of sp³-hybridized carbons (Fsp3) is 0.200. The molecule has 0 aromatic heterocycles. The maximum absolute atomic E-state index is 14.6. The minimum atomic E-state index is -1.32. The number of nitrogens with one attached hydrogen (secondary N) is 1. The number of ether oxygens (including phenoxy) is 2. The van der Waals surface area contributed by atoms with Crippen molar-refractivity contribution in [3.05, 3.63) is 159 Å². The molecule has 1 aliphatic rings. The van der Waals surface area contributed by atoms with Gasteiger partial charge in [0.25, 0.3) is 5.91 Å². The summed E-state index contributed by atoms with van der Waals surface area (Å²) in [5, 5.41) is 13.0. The number of hydrogen-bond acceptors (Lipinski definition) is 5. The number of nitrogens with zero attached hydrogens (tertiary/aromatic N) is 1. The van der Waals surface area contributed by atoms with E-state index < -0.39 is 11.6 Å². The maximum Gasteiger partial charge on any atom is 0.252 e. The molecule has 2 N–H and O–H groups in total. The van der Waals surface area contributed by atoms with E-state index >= 15 is 0 Å². The van der Waals surface area contributed by atoms with Crippen molar-refractivity contribution in [2.45, 2.75) is 30.9 Å². The molecule has 2 atom stereocenters. The van der Waals surface area contributed by atoms with Crippen LogP contribution in [0.2, 0.25) is 5.02 Å². The summed E-state index contributed by atoms with van der Waals surface area (Å²) >= 11 is 9.80. The molecule has 48 heavy (non-hydrogen) atoms. The highest BCUT2D eigenvalue weighted by atomic mass is 79.9. The van der Waals surface area contributed by atoms with Gasteiger partial charge in [0, 0.05) is 41.1 Å². The largest absolute Gasteiger partial charge is 0.494 e. The Morgan fingerprint density at radius 1 is 0.854 bits per heavy atom. The van der Waals surface area contributed by atoms with Gasteiger partial charge in [-0.2, -0.15) is 0 Å². The zero-order valence-corrected chi connectivity index (χ0v) is 28.7. The predicted octanol–water partition coefficient (Wildman–Crippen LogP) is 8.39. The van der Waals surface area contributed by atoms with Crippen LogP contribution in [0.5, 0.6) is 5.75 Å². The predicted molar refractivity (Wildman–Crippen MR) is 195 cm³/mol. The normalized spacial score (nSPS) is 17.0. The number of aliphatic imine (C=N–C) groups is 1. The molecule has 0 unspecified atom stereocenters. The van der Waals surface area contributed by atoms with E-state index in [2.05, 4.69) is 45.5 Å². The Morgan fingerprint density at radius 3 is 2.23 bits per heavy atom. The topological polar surface area (TPSA) is 80.2 Å². The second-order valence-corrected chi connectivity index (χ2v) is 13.0. The third-order valence-electron chi connectivity index (χ3n) is 8.38. The average molecular weight is 724 g/mol. The van der Waals surface area contributed by atoms with Gasteiger partial charge in [0.2, 0.25) is 5.90 Å². The molecule has 0 radical (unpaired) electrons. The number of carbonyl (C=O) groups is 1. The molecule has 5 aromatic rings. The summed E-state index contributed by atoms with van der Waals surface area (Å²) in [5.74, 6) is 0.843. The Hall–Kier alpha value is -4.43. The number of aliphatic hydroxyl groups excluding tert-OH is 1. The Labute approximate surface area is 294 Å². The highest BCUT2D eigenvalue weighted by molar-refractivity contribution is 9.10. The van der Waals surface area contributed by atoms with Crippen molar-refractivity contribution in [3.63, 3.8) is 0 Å². The average Bonchev–Trinajstić information content (AvgIpc) is 3.51. The summed E-state index contributed by atoms with van der Waals surface area (Å²) in [6.07, 6.45) is 0.783.